The first kappa shape index (κ1) is 10.2. The molecule has 1 saturated heterocycles. The van der Waals surface area contributed by atoms with Gasteiger partial charge in [0.15, 0.2) is 0 Å². The number of hydrogen-bond acceptors (Lipinski definition) is 1. The van der Waals surface area contributed by atoms with Crippen molar-refractivity contribution in [2.75, 3.05) is 13.1 Å². The summed E-state index contributed by atoms with van der Waals surface area (Å²) in [5, 5.41) is 11.1. The van der Waals surface area contributed by atoms with E-state index in [0.717, 1.165) is 0 Å². The Hall–Kier alpha value is -1.35. The van der Waals surface area contributed by atoms with E-state index < -0.39 is 6.10 Å². The zero-order chi connectivity index (χ0) is 10.7. The Morgan fingerprint density at radius 3 is 2.33 bits per heavy atom. The lowest BCUT2D eigenvalue weighted by molar-refractivity contribution is 0.0256. The molecule has 1 radical (unpaired) electrons. The van der Waals surface area contributed by atoms with Gasteiger partial charge in [0.25, 0.3) is 5.91 Å². The average molecular weight is 204 g/mol. The second kappa shape index (κ2) is 4.45. The van der Waals surface area contributed by atoms with Crippen molar-refractivity contribution in [3.8, 4) is 0 Å². The first-order valence-corrected chi connectivity index (χ1v) is 5.27. The van der Waals surface area contributed by atoms with Gasteiger partial charge in [-0.3, -0.25) is 4.79 Å². The topological polar surface area (TPSA) is 40.2 Å². The van der Waals surface area contributed by atoms with Crippen molar-refractivity contribution in [1.82, 2.24) is 4.90 Å². The van der Waals surface area contributed by atoms with Crippen LogP contribution >= 0.6 is 0 Å². The van der Waals surface area contributed by atoms with Gasteiger partial charge in [0.2, 0.25) is 0 Å². The number of benzene rings is 1. The van der Waals surface area contributed by atoms with Gasteiger partial charge in [0.1, 0.15) is 0 Å². The minimum Gasteiger partial charge on any atom is -0.338 e. The summed E-state index contributed by atoms with van der Waals surface area (Å²) in [6.45, 7) is 1.20. The maximum Gasteiger partial charge on any atom is 0.253 e. The van der Waals surface area contributed by atoms with Gasteiger partial charge in [-0.1, -0.05) is 18.2 Å². The molecule has 0 atom stereocenters. The molecule has 15 heavy (non-hydrogen) atoms. The van der Waals surface area contributed by atoms with Crippen LogP contribution in [0.4, 0.5) is 0 Å². The van der Waals surface area contributed by atoms with E-state index in [-0.39, 0.29) is 5.91 Å². The van der Waals surface area contributed by atoms with E-state index in [1.165, 1.54) is 0 Å². The zero-order valence-electron chi connectivity index (χ0n) is 8.56. The summed E-state index contributed by atoms with van der Waals surface area (Å²) in [6.07, 6.45) is 0.682. The van der Waals surface area contributed by atoms with Gasteiger partial charge in [0, 0.05) is 18.7 Å². The maximum absolute atomic E-state index is 11.9. The molecule has 0 aromatic heterocycles. The Labute approximate surface area is 89.3 Å². The van der Waals surface area contributed by atoms with Crippen LogP contribution in [0.5, 0.6) is 0 Å². The number of piperidine rings is 1. The summed E-state index contributed by atoms with van der Waals surface area (Å²) < 4.78 is 0. The van der Waals surface area contributed by atoms with Crippen molar-refractivity contribution in [1.29, 1.82) is 0 Å². The molecular formula is C12H14NO2. The van der Waals surface area contributed by atoms with Gasteiger partial charge < -0.3 is 4.90 Å². The first-order valence-electron chi connectivity index (χ1n) is 5.27. The zero-order valence-corrected chi connectivity index (χ0v) is 8.56. The van der Waals surface area contributed by atoms with Crippen LogP contribution in [0.25, 0.3) is 0 Å². The van der Waals surface area contributed by atoms with E-state index in [2.05, 4.69) is 0 Å². The van der Waals surface area contributed by atoms with E-state index >= 15 is 0 Å². The van der Waals surface area contributed by atoms with Crippen LogP contribution in [0.3, 0.4) is 0 Å². The molecule has 1 fully saturated rings. The number of hydrogen-bond donors (Lipinski definition) is 0. The van der Waals surface area contributed by atoms with E-state index in [1.54, 1.807) is 4.90 Å². The SMILES string of the molecule is [O]C1CCN(C(=O)c2ccccc2)CC1. The van der Waals surface area contributed by atoms with Crippen LogP contribution in [0.2, 0.25) is 0 Å². The first-order chi connectivity index (χ1) is 7.27. The third-order valence-corrected chi connectivity index (χ3v) is 2.75. The van der Waals surface area contributed by atoms with Crippen LogP contribution < -0.4 is 0 Å². The monoisotopic (exact) mass is 204 g/mol. The van der Waals surface area contributed by atoms with Gasteiger partial charge in [-0.25, -0.2) is 5.11 Å². The van der Waals surface area contributed by atoms with Crippen molar-refractivity contribution in [3.63, 3.8) is 0 Å². The highest BCUT2D eigenvalue weighted by molar-refractivity contribution is 5.94. The summed E-state index contributed by atoms with van der Waals surface area (Å²) in [5.41, 5.74) is 0.710. The lowest BCUT2D eigenvalue weighted by Gasteiger charge is -2.28. The van der Waals surface area contributed by atoms with Crippen molar-refractivity contribution < 1.29 is 9.90 Å². The molecule has 1 heterocycles. The molecule has 79 valence electrons. The predicted molar refractivity (Wildman–Crippen MR) is 56.1 cm³/mol. The standard InChI is InChI=1S/C12H14NO2/c14-11-6-8-13(9-7-11)12(15)10-4-2-1-3-5-10/h1-5,11H,6-9H2. The third kappa shape index (κ3) is 2.36. The largest absolute Gasteiger partial charge is 0.338 e. The predicted octanol–water partition coefficient (Wildman–Crippen LogP) is 1.72. The fourth-order valence-electron chi connectivity index (χ4n) is 1.82. The summed E-state index contributed by atoms with van der Waals surface area (Å²) in [5.74, 6) is 0.0440. The Morgan fingerprint density at radius 1 is 1.13 bits per heavy atom. The molecule has 0 unspecified atom stereocenters. The van der Waals surface area contributed by atoms with Crippen molar-refractivity contribution in [2.45, 2.75) is 18.9 Å². The van der Waals surface area contributed by atoms with E-state index in [9.17, 15) is 9.90 Å². The highest BCUT2D eigenvalue weighted by Crippen LogP contribution is 2.13. The van der Waals surface area contributed by atoms with Crippen LogP contribution in [0, 0.1) is 0 Å². The molecule has 1 aromatic rings. The molecular weight excluding hydrogens is 190 g/mol. The van der Waals surface area contributed by atoms with E-state index in [0.29, 0.717) is 31.5 Å². The van der Waals surface area contributed by atoms with Crippen molar-refractivity contribution in [2.24, 2.45) is 0 Å². The molecule has 0 saturated carbocycles. The molecule has 0 N–H and O–H groups in total. The molecule has 1 amide bonds. The Bertz CT molecular complexity index is 329. The lowest BCUT2D eigenvalue weighted by Crippen LogP contribution is -2.39. The highest BCUT2D eigenvalue weighted by atomic mass is 16.3. The highest BCUT2D eigenvalue weighted by Gasteiger charge is 2.22. The molecule has 1 aromatic carbocycles. The molecule has 2 rings (SSSR count). The average Bonchev–Trinajstić information content (AvgIpc) is 2.30. The fourth-order valence-corrected chi connectivity index (χ4v) is 1.82. The molecule has 3 nitrogen and oxygen atoms in total. The number of carbonyl (C=O) groups excluding carboxylic acids is 1. The van der Waals surface area contributed by atoms with Gasteiger partial charge >= 0.3 is 0 Å². The van der Waals surface area contributed by atoms with Crippen LogP contribution in [0.15, 0.2) is 30.3 Å². The lowest BCUT2D eigenvalue weighted by atomic mass is 10.1. The minimum absolute atomic E-state index is 0.0440. The number of nitrogens with zero attached hydrogens (tertiary/aromatic N) is 1. The molecule has 1 aliphatic rings. The summed E-state index contributed by atoms with van der Waals surface area (Å²) >= 11 is 0. The van der Waals surface area contributed by atoms with Gasteiger partial charge in [0.05, 0.1) is 6.10 Å². The van der Waals surface area contributed by atoms with Crippen molar-refractivity contribution >= 4 is 5.91 Å². The molecule has 0 aliphatic carbocycles. The molecule has 0 spiro atoms. The van der Waals surface area contributed by atoms with Gasteiger partial charge in [-0.05, 0) is 25.0 Å². The molecule has 0 bridgehead atoms. The molecule has 3 heteroatoms. The van der Waals surface area contributed by atoms with Gasteiger partial charge in [-0.2, -0.15) is 0 Å². The smallest absolute Gasteiger partial charge is 0.253 e. The maximum atomic E-state index is 11.9. The van der Waals surface area contributed by atoms with Crippen molar-refractivity contribution in [3.05, 3.63) is 35.9 Å². The quantitative estimate of drug-likeness (QED) is 0.686. The van der Waals surface area contributed by atoms with E-state index in [4.69, 9.17) is 0 Å². The second-order valence-corrected chi connectivity index (χ2v) is 3.86. The fraction of sp³-hybridized carbons (Fsp3) is 0.417. The normalized spacial score (nSPS) is 17.8. The summed E-state index contributed by atoms with van der Waals surface area (Å²) in [7, 11) is 0. The number of amides is 1. The third-order valence-electron chi connectivity index (χ3n) is 2.75. The summed E-state index contributed by atoms with van der Waals surface area (Å²) in [6, 6.07) is 9.22. The number of carbonyl (C=O) groups is 1. The van der Waals surface area contributed by atoms with Crippen LogP contribution in [0.1, 0.15) is 23.2 Å². The van der Waals surface area contributed by atoms with E-state index in [1.807, 2.05) is 30.3 Å². The minimum atomic E-state index is -0.482. The Morgan fingerprint density at radius 2 is 1.73 bits per heavy atom. The Kier molecular flexibility index (Phi) is 3.02. The summed E-state index contributed by atoms with van der Waals surface area (Å²) in [4.78, 5) is 13.7. The van der Waals surface area contributed by atoms with Gasteiger partial charge in [-0.15, -0.1) is 0 Å². The Balaban J connectivity index is 2.03. The van der Waals surface area contributed by atoms with Crippen LogP contribution in [-0.2, 0) is 5.11 Å². The second-order valence-electron chi connectivity index (χ2n) is 3.86. The van der Waals surface area contributed by atoms with Crippen LogP contribution in [-0.4, -0.2) is 30.0 Å². The number of rotatable bonds is 1. The molecule has 1 aliphatic heterocycles. The number of likely N-dealkylation sites (tertiary alicyclic amines) is 1.